The van der Waals surface area contributed by atoms with Crippen LogP contribution in [-0.4, -0.2) is 42.1 Å². The van der Waals surface area contributed by atoms with E-state index in [2.05, 4.69) is 20.2 Å². The highest BCUT2D eigenvalue weighted by atomic mass is 16.1. The lowest BCUT2D eigenvalue weighted by Gasteiger charge is -2.32. The monoisotopic (exact) mass is 283 g/mol. The summed E-state index contributed by atoms with van der Waals surface area (Å²) >= 11 is 0. The van der Waals surface area contributed by atoms with E-state index < -0.39 is 5.91 Å². The molecule has 108 valence electrons. The number of primary amides is 1. The van der Waals surface area contributed by atoms with Crippen molar-refractivity contribution in [2.24, 2.45) is 5.73 Å². The van der Waals surface area contributed by atoms with Gasteiger partial charge in [0, 0.05) is 50.3 Å². The molecule has 1 aliphatic rings. The van der Waals surface area contributed by atoms with Crippen LogP contribution in [-0.2, 0) is 0 Å². The van der Waals surface area contributed by atoms with Crippen molar-refractivity contribution in [3.63, 3.8) is 0 Å². The van der Waals surface area contributed by atoms with Gasteiger partial charge in [0.1, 0.15) is 0 Å². The molecule has 0 saturated carbocycles. The van der Waals surface area contributed by atoms with Crippen LogP contribution in [0.4, 0.5) is 5.69 Å². The molecule has 21 heavy (non-hydrogen) atoms. The van der Waals surface area contributed by atoms with Crippen molar-refractivity contribution in [1.82, 2.24) is 15.3 Å². The van der Waals surface area contributed by atoms with Gasteiger partial charge in [0.15, 0.2) is 0 Å². The first-order valence-electron chi connectivity index (χ1n) is 6.92. The number of nitrogens with two attached hydrogens (primary N) is 1. The van der Waals surface area contributed by atoms with Crippen molar-refractivity contribution in [3.8, 4) is 11.3 Å². The van der Waals surface area contributed by atoms with E-state index in [1.807, 2.05) is 12.1 Å². The Labute approximate surface area is 123 Å². The number of anilines is 1. The lowest BCUT2D eigenvalue weighted by Crippen LogP contribution is -2.44. The summed E-state index contributed by atoms with van der Waals surface area (Å²) < 4.78 is 0. The highest BCUT2D eigenvalue weighted by molar-refractivity contribution is 6.01. The van der Waals surface area contributed by atoms with Crippen LogP contribution in [0.1, 0.15) is 10.4 Å². The molecule has 0 bridgehead atoms. The number of amides is 1. The number of carbonyl (C=O) groups is 1. The van der Waals surface area contributed by atoms with E-state index in [-0.39, 0.29) is 0 Å². The standard InChI is InChI=1S/C15H17N5O/c16-15(21)12-3-6-19-13(11-1-4-17-5-2-11)14(12)20-9-7-18-8-10-20/h1-6,18H,7-10H2,(H2,16,21). The molecular weight excluding hydrogens is 266 g/mol. The van der Waals surface area contributed by atoms with Crippen LogP contribution in [0.3, 0.4) is 0 Å². The van der Waals surface area contributed by atoms with Crippen molar-refractivity contribution in [3.05, 3.63) is 42.4 Å². The van der Waals surface area contributed by atoms with Crippen LogP contribution in [0.5, 0.6) is 0 Å². The molecule has 3 N–H and O–H groups in total. The van der Waals surface area contributed by atoms with E-state index in [4.69, 9.17) is 5.73 Å². The average Bonchev–Trinajstić information content (AvgIpc) is 2.55. The van der Waals surface area contributed by atoms with Crippen molar-refractivity contribution >= 4 is 11.6 Å². The summed E-state index contributed by atoms with van der Waals surface area (Å²) in [7, 11) is 0. The molecule has 3 heterocycles. The molecule has 6 nitrogen and oxygen atoms in total. The van der Waals surface area contributed by atoms with Crippen molar-refractivity contribution in [1.29, 1.82) is 0 Å². The summed E-state index contributed by atoms with van der Waals surface area (Å²) in [5, 5.41) is 3.30. The summed E-state index contributed by atoms with van der Waals surface area (Å²) in [6, 6.07) is 5.46. The first kappa shape index (κ1) is 13.5. The van der Waals surface area contributed by atoms with Gasteiger partial charge < -0.3 is 16.0 Å². The van der Waals surface area contributed by atoms with Gasteiger partial charge in [-0.3, -0.25) is 14.8 Å². The zero-order valence-electron chi connectivity index (χ0n) is 11.6. The van der Waals surface area contributed by atoms with E-state index in [0.29, 0.717) is 5.56 Å². The van der Waals surface area contributed by atoms with Gasteiger partial charge in [-0.2, -0.15) is 0 Å². The van der Waals surface area contributed by atoms with E-state index in [1.165, 1.54) is 0 Å². The molecule has 1 fully saturated rings. The summed E-state index contributed by atoms with van der Waals surface area (Å²) in [6.45, 7) is 3.40. The predicted octanol–water partition coefficient (Wildman–Crippen LogP) is 0.652. The number of carbonyl (C=O) groups excluding carboxylic acids is 1. The van der Waals surface area contributed by atoms with Gasteiger partial charge in [-0.15, -0.1) is 0 Å². The molecule has 3 rings (SSSR count). The Hall–Kier alpha value is -2.47. The number of pyridine rings is 2. The van der Waals surface area contributed by atoms with E-state index in [9.17, 15) is 4.79 Å². The van der Waals surface area contributed by atoms with Gasteiger partial charge in [-0.1, -0.05) is 0 Å². The minimum absolute atomic E-state index is 0.429. The highest BCUT2D eigenvalue weighted by Crippen LogP contribution is 2.32. The number of hydrogen-bond acceptors (Lipinski definition) is 5. The van der Waals surface area contributed by atoms with E-state index in [0.717, 1.165) is 43.1 Å². The highest BCUT2D eigenvalue weighted by Gasteiger charge is 2.22. The van der Waals surface area contributed by atoms with Crippen molar-refractivity contribution in [2.75, 3.05) is 31.1 Å². The van der Waals surface area contributed by atoms with Gasteiger partial charge in [0.25, 0.3) is 5.91 Å². The molecule has 2 aromatic rings. The second kappa shape index (κ2) is 5.88. The zero-order valence-corrected chi connectivity index (χ0v) is 11.6. The zero-order chi connectivity index (χ0) is 14.7. The molecular formula is C15H17N5O. The van der Waals surface area contributed by atoms with Gasteiger partial charge in [-0.05, 0) is 18.2 Å². The third kappa shape index (κ3) is 2.71. The second-order valence-electron chi connectivity index (χ2n) is 4.89. The second-order valence-corrected chi connectivity index (χ2v) is 4.89. The molecule has 2 aromatic heterocycles. The lowest BCUT2D eigenvalue weighted by atomic mass is 10.0. The largest absolute Gasteiger partial charge is 0.367 e. The molecule has 0 atom stereocenters. The molecule has 1 saturated heterocycles. The number of rotatable bonds is 3. The minimum atomic E-state index is -0.429. The number of nitrogens with one attached hydrogen (secondary N) is 1. The van der Waals surface area contributed by atoms with E-state index >= 15 is 0 Å². The third-order valence-electron chi connectivity index (χ3n) is 3.58. The summed E-state index contributed by atoms with van der Waals surface area (Å²) in [6.07, 6.45) is 5.06. The maximum Gasteiger partial charge on any atom is 0.250 e. The van der Waals surface area contributed by atoms with Crippen LogP contribution in [0.2, 0.25) is 0 Å². The normalized spacial score (nSPS) is 15.0. The first-order valence-corrected chi connectivity index (χ1v) is 6.92. The Balaban J connectivity index is 2.15. The van der Waals surface area contributed by atoms with Gasteiger partial charge >= 0.3 is 0 Å². The average molecular weight is 283 g/mol. The fourth-order valence-corrected chi connectivity index (χ4v) is 2.58. The van der Waals surface area contributed by atoms with Crippen LogP contribution in [0.25, 0.3) is 11.3 Å². The van der Waals surface area contributed by atoms with Crippen LogP contribution < -0.4 is 16.0 Å². The van der Waals surface area contributed by atoms with Crippen LogP contribution >= 0.6 is 0 Å². The molecule has 0 spiro atoms. The number of hydrogen-bond donors (Lipinski definition) is 2. The quantitative estimate of drug-likeness (QED) is 0.864. The molecule has 0 aromatic carbocycles. The van der Waals surface area contributed by atoms with Crippen LogP contribution in [0, 0.1) is 0 Å². The van der Waals surface area contributed by atoms with Crippen LogP contribution in [0.15, 0.2) is 36.8 Å². The molecule has 1 aliphatic heterocycles. The Kier molecular flexibility index (Phi) is 3.79. The van der Waals surface area contributed by atoms with E-state index in [1.54, 1.807) is 24.7 Å². The van der Waals surface area contributed by atoms with Gasteiger partial charge in [-0.25, -0.2) is 0 Å². The molecule has 6 heteroatoms. The number of piperazine rings is 1. The molecule has 0 radical (unpaired) electrons. The Morgan fingerprint density at radius 2 is 1.86 bits per heavy atom. The topological polar surface area (TPSA) is 84.1 Å². The van der Waals surface area contributed by atoms with Gasteiger partial charge in [0.05, 0.1) is 16.9 Å². The molecule has 0 unspecified atom stereocenters. The minimum Gasteiger partial charge on any atom is -0.367 e. The fourth-order valence-electron chi connectivity index (χ4n) is 2.58. The molecule has 1 amide bonds. The Bertz CT molecular complexity index is 638. The van der Waals surface area contributed by atoms with Crippen molar-refractivity contribution in [2.45, 2.75) is 0 Å². The maximum absolute atomic E-state index is 11.8. The fraction of sp³-hybridized carbons (Fsp3) is 0.267. The number of nitrogens with zero attached hydrogens (tertiary/aromatic N) is 3. The van der Waals surface area contributed by atoms with Crippen molar-refractivity contribution < 1.29 is 4.79 Å². The Morgan fingerprint density at radius 3 is 2.52 bits per heavy atom. The van der Waals surface area contributed by atoms with Gasteiger partial charge in [0.2, 0.25) is 0 Å². The maximum atomic E-state index is 11.8. The summed E-state index contributed by atoms with van der Waals surface area (Å²) in [4.78, 5) is 22.5. The number of aromatic nitrogens is 2. The first-order chi connectivity index (χ1) is 10.3. The lowest BCUT2D eigenvalue weighted by molar-refractivity contribution is 0.100. The smallest absolute Gasteiger partial charge is 0.250 e. The SMILES string of the molecule is NC(=O)c1ccnc(-c2ccncc2)c1N1CCNCC1. The molecule has 0 aliphatic carbocycles. The predicted molar refractivity (Wildman–Crippen MR) is 81.1 cm³/mol. The Morgan fingerprint density at radius 1 is 1.14 bits per heavy atom. The summed E-state index contributed by atoms with van der Waals surface area (Å²) in [5.74, 6) is -0.429. The third-order valence-corrected chi connectivity index (χ3v) is 3.58. The summed E-state index contributed by atoms with van der Waals surface area (Å²) in [5.41, 5.74) is 8.58.